The molecule has 1 saturated heterocycles. The third-order valence-electron chi connectivity index (χ3n) is 2.83. The third-order valence-corrected chi connectivity index (χ3v) is 4.99. The molecule has 0 aromatic heterocycles. The van der Waals surface area contributed by atoms with E-state index in [4.69, 9.17) is 13.8 Å². The van der Waals surface area contributed by atoms with Crippen molar-refractivity contribution in [2.24, 2.45) is 5.41 Å². The molecule has 0 radical (unpaired) electrons. The Morgan fingerprint density at radius 3 is 2.29 bits per heavy atom. The highest BCUT2D eigenvalue weighted by atomic mass is 31.2. The first-order chi connectivity index (χ1) is 7.96. The summed E-state index contributed by atoms with van der Waals surface area (Å²) in [4.78, 5) is 11.2. The Labute approximate surface area is 102 Å². The van der Waals surface area contributed by atoms with E-state index in [9.17, 15) is 9.36 Å². The van der Waals surface area contributed by atoms with Gasteiger partial charge in [-0.05, 0) is 33.6 Å². The molecule has 0 aromatic rings. The summed E-state index contributed by atoms with van der Waals surface area (Å²) in [5, 5.41) is 0. The molecule has 100 valence electrons. The molecule has 1 unspecified atom stereocenters. The molecule has 0 saturated carbocycles. The van der Waals surface area contributed by atoms with Crippen molar-refractivity contribution in [1.29, 1.82) is 0 Å². The van der Waals surface area contributed by atoms with Gasteiger partial charge in [0.25, 0.3) is 0 Å². The minimum atomic E-state index is -2.96. The Hall–Kier alpha value is -0.380. The SMILES string of the molecule is CCOP(=O)(CCCC1(C)COC1=O)OCC. The van der Waals surface area contributed by atoms with Crippen LogP contribution < -0.4 is 0 Å². The van der Waals surface area contributed by atoms with Gasteiger partial charge in [0.15, 0.2) is 0 Å². The molecule has 1 aliphatic heterocycles. The number of carbonyl (C=O) groups excluding carboxylic acids is 1. The highest BCUT2D eigenvalue weighted by Gasteiger charge is 2.44. The standard InChI is InChI=1S/C11H21O5P/c1-4-15-17(13,16-5-2)8-6-7-11(3)9-14-10(11)12/h4-9H2,1-3H3. The molecule has 1 fully saturated rings. The van der Waals surface area contributed by atoms with Gasteiger partial charge in [-0.1, -0.05) is 0 Å². The van der Waals surface area contributed by atoms with Crippen LogP contribution >= 0.6 is 7.60 Å². The van der Waals surface area contributed by atoms with E-state index in [1.54, 1.807) is 13.8 Å². The summed E-state index contributed by atoms with van der Waals surface area (Å²) in [6, 6.07) is 0. The van der Waals surface area contributed by atoms with Gasteiger partial charge >= 0.3 is 13.6 Å². The van der Waals surface area contributed by atoms with E-state index in [0.29, 0.717) is 38.8 Å². The fraction of sp³-hybridized carbons (Fsp3) is 0.909. The lowest BCUT2D eigenvalue weighted by Gasteiger charge is -2.35. The van der Waals surface area contributed by atoms with E-state index in [1.807, 2.05) is 6.92 Å². The van der Waals surface area contributed by atoms with Gasteiger partial charge in [0, 0.05) is 0 Å². The number of hydrogen-bond donors (Lipinski definition) is 0. The first-order valence-corrected chi connectivity index (χ1v) is 7.74. The van der Waals surface area contributed by atoms with E-state index >= 15 is 0 Å². The Kier molecular flexibility index (Phi) is 5.17. The predicted molar refractivity (Wildman–Crippen MR) is 64.0 cm³/mol. The second kappa shape index (κ2) is 5.98. The van der Waals surface area contributed by atoms with Crippen molar-refractivity contribution < 1.29 is 23.1 Å². The van der Waals surface area contributed by atoms with Crippen LogP contribution in [0.4, 0.5) is 0 Å². The Bertz CT molecular complexity index is 307. The molecular formula is C11H21O5P. The van der Waals surface area contributed by atoms with Gasteiger partial charge < -0.3 is 13.8 Å². The van der Waals surface area contributed by atoms with Crippen molar-refractivity contribution in [2.45, 2.75) is 33.6 Å². The Morgan fingerprint density at radius 1 is 1.35 bits per heavy atom. The number of ether oxygens (including phenoxy) is 1. The van der Waals surface area contributed by atoms with E-state index in [2.05, 4.69) is 0 Å². The molecule has 1 heterocycles. The van der Waals surface area contributed by atoms with Crippen molar-refractivity contribution in [3.63, 3.8) is 0 Å². The van der Waals surface area contributed by atoms with Crippen LogP contribution in [0.3, 0.4) is 0 Å². The van der Waals surface area contributed by atoms with E-state index in [-0.39, 0.29) is 5.97 Å². The first-order valence-electron chi connectivity index (χ1n) is 6.01. The molecule has 0 N–H and O–H groups in total. The van der Waals surface area contributed by atoms with Crippen LogP contribution in [-0.4, -0.2) is 32.0 Å². The Morgan fingerprint density at radius 2 is 1.94 bits per heavy atom. The zero-order valence-corrected chi connectivity index (χ0v) is 11.6. The van der Waals surface area contributed by atoms with Crippen molar-refractivity contribution in [3.8, 4) is 0 Å². The van der Waals surface area contributed by atoms with Crippen LogP contribution in [0.15, 0.2) is 0 Å². The van der Waals surface area contributed by atoms with Gasteiger partial charge in [-0.2, -0.15) is 0 Å². The first kappa shape index (κ1) is 14.7. The number of rotatable bonds is 8. The maximum absolute atomic E-state index is 12.1. The molecule has 0 amide bonds. The van der Waals surface area contributed by atoms with Crippen LogP contribution in [-0.2, 0) is 23.1 Å². The molecule has 1 aliphatic rings. The van der Waals surface area contributed by atoms with Crippen molar-refractivity contribution in [2.75, 3.05) is 26.0 Å². The average molecular weight is 264 g/mol. The maximum Gasteiger partial charge on any atom is 0.330 e. The number of carbonyl (C=O) groups is 1. The fourth-order valence-corrected chi connectivity index (χ4v) is 3.44. The van der Waals surface area contributed by atoms with Gasteiger partial charge in [-0.15, -0.1) is 0 Å². The van der Waals surface area contributed by atoms with Crippen molar-refractivity contribution in [1.82, 2.24) is 0 Å². The van der Waals surface area contributed by atoms with E-state index in [0.717, 1.165) is 0 Å². The lowest BCUT2D eigenvalue weighted by atomic mass is 9.83. The second-order valence-electron chi connectivity index (χ2n) is 4.41. The molecule has 1 rings (SSSR count). The minimum Gasteiger partial charge on any atom is -0.464 e. The summed E-state index contributed by atoms with van der Waals surface area (Å²) >= 11 is 0. The van der Waals surface area contributed by atoms with Gasteiger partial charge in [0.1, 0.15) is 6.61 Å². The molecule has 1 atom stereocenters. The summed E-state index contributed by atoms with van der Waals surface area (Å²) in [7, 11) is -2.96. The molecule has 0 bridgehead atoms. The minimum absolute atomic E-state index is 0.167. The summed E-state index contributed by atoms with van der Waals surface area (Å²) < 4.78 is 27.2. The van der Waals surface area contributed by atoms with E-state index in [1.165, 1.54) is 0 Å². The molecular weight excluding hydrogens is 243 g/mol. The molecule has 5 nitrogen and oxygen atoms in total. The van der Waals surface area contributed by atoms with Crippen LogP contribution in [0.5, 0.6) is 0 Å². The lowest BCUT2D eigenvalue weighted by molar-refractivity contribution is -0.183. The molecule has 0 aliphatic carbocycles. The van der Waals surface area contributed by atoms with Crippen LogP contribution in [0.2, 0.25) is 0 Å². The number of hydrogen-bond acceptors (Lipinski definition) is 5. The van der Waals surface area contributed by atoms with Crippen molar-refractivity contribution >= 4 is 13.6 Å². The number of cyclic esters (lactones) is 1. The zero-order valence-electron chi connectivity index (χ0n) is 10.7. The fourth-order valence-electron chi connectivity index (χ4n) is 1.77. The summed E-state index contributed by atoms with van der Waals surface area (Å²) in [5.74, 6) is -0.167. The molecule has 0 spiro atoms. The highest BCUT2D eigenvalue weighted by Crippen LogP contribution is 2.49. The van der Waals surface area contributed by atoms with Crippen LogP contribution in [0.25, 0.3) is 0 Å². The van der Waals surface area contributed by atoms with Gasteiger partial charge in [-0.3, -0.25) is 9.36 Å². The third kappa shape index (κ3) is 3.80. The van der Waals surface area contributed by atoms with Gasteiger partial charge in [-0.25, -0.2) is 0 Å². The Balaban J connectivity index is 2.37. The molecule has 0 aromatic carbocycles. The van der Waals surface area contributed by atoms with Crippen LogP contribution in [0, 0.1) is 5.41 Å². The smallest absolute Gasteiger partial charge is 0.330 e. The van der Waals surface area contributed by atoms with Gasteiger partial charge in [0.2, 0.25) is 0 Å². The normalized spacial score (nSPS) is 24.3. The quantitative estimate of drug-likeness (QED) is 0.498. The molecule has 6 heteroatoms. The van der Waals surface area contributed by atoms with Crippen molar-refractivity contribution in [3.05, 3.63) is 0 Å². The summed E-state index contributed by atoms with van der Waals surface area (Å²) in [6.45, 7) is 6.64. The lowest BCUT2D eigenvalue weighted by Crippen LogP contribution is -2.45. The zero-order chi connectivity index (χ0) is 12.9. The molecule has 17 heavy (non-hydrogen) atoms. The predicted octanol–water partition coefficient (Wildman–Crippen LogP) is 2.60. The monoisotopic (exact) mass is 264 g/mol. The summed E-state index contributed by atoms with van der Waals surface area (Å²) in [6.07, 6.45) is 1.66. The van der Waals surface area contributed by atoms with Gasteiger partial charge in [0.05, 0.1) is 24.8 Å². The highest BCUT2D eigenvalue weighted by molar-refractivity contribution is 7.53. The maximum atomic E-state index is 12.1. The summed E-state index contributed by atoms with van der Waals surface area (Å²) in [5.41, 5.74) is -0.400. The van der Waals surface area contributed by atoms with E-state index < -0.39 is 13.0 Å². The average Bonchev–Trinajstić information content (AvgIpc) is 2.27. The largest absolute Gasteiger partial charge is 0.464 e. The second-order valence-corrected chi connectivity index (χ2v) is 6.60. The number of esters is 1. The topological polar surface area (TPSA) is 61.8 Å². The van der Waals surface area contributed by atoms with Crippen LogP contribution in [0.1, 0.15) is 33.6 Å².